The number of rotatable bonds is 5. The Morgan fingerprint density at radius 1 is 1.23 bits per heavy atom. The lowest BCUT2D eigenvalue weighted by molar-refractivity contribution is -0.122. The van der Waals surface area contributed by atoms with Gasteiger partial charge in [0, 0.05) is 30.2 Å². The average molecular weight is 350 g/mol. The molecular formula is C20H22N4O2. The van der Waals surface area contributed by atoms with Gasteiger partial charge >= 0.3 is 0 Å². The molecule has 26 heavy (non-hydrogen) atoms. The van der Waals surface area contributed by atoms with Gasteiger partial charge in [-0.15, -0.1) is 0 Å². The summed E-state index contributed by atoms with van der Waals surface area (Å²) in [6.07, 6.45) is 10.2. The summed E-state index contributed by atoms with van der Waals surface area (Å²) in [6.45, 7) is 1.67. The number of nitrogens with zero attached hydrogens (tertiary/aromatic N) is 3. The molecule has 0 saturated carbocycles. The Morgan fingerprint density at radius 2 is 2.12 bits per heavy atom. The van der Waals surface area contributed by atoms with Crippen molar-refractivity contribution in [3.63, 3.8) is 0 Å². The minimum atomic E-state index is -0.107. The standard InChI is InChI=1S/C20H22N4O2/c25-20(19-4-1-2-11-23(19)14-16-9-13-26-15-16)22-17-5-7-18(8-6-17)24-12-3-10-21-24/h3,5-10,12-13,15,19H,1-2,4,11,14H2,(H,22,25)/t19-/m1/s1. The lowest BCUT2D eigenvalue weighted by Gasteiger charge is -2.34. The fourth-order valence-corrected chi connectivity index (χ4v) is 3.44. The van der Waals surface area contributed by atoms with Crippen LogP contribution < -0.4 is 5.32 Å². The Balaban J connectivity index is 1.42. The van der Waals surface area contributed by atoms with Crippen molar-refractivity contribution in [1.82, 2.24) is 14.7 Å². The van der Waals surface area contributed by atoms with Crippen molar-refractivity contribution in [2.75, 3.05) is 11.9 Å². The number of nitrogens with one attached hydrogen (secondary N) is 1. The minimum Gasteiger partial charge on any atom is -0.472 e. The fraction of sp³-hybridized carbons (Fsp3) is 0.300. The van der Waals surface area contributed by atoms with E-state index in [0.29, 0.717) is 0 Å². The molecule has 1 N–H and O–H groups in total. The first kappa shape index (κ1) is 16.6. The van der Waals surface area contributed by atoms with E-state index in [1.165, 1.54) is 0 Å². The van der Waals surface area contributed by atoms with Gasteiger partial charge < -0.3 is 9.73 Å². The maximum absolute atomic E-state index is 12.8. The highest BCUT2D eigenvalue weighted by atomic mass is 16.3. The first-order chi connectivity index (χ1) is 12.8. The van der Waals surface area contributed by atoms with E-state index in [4.69, 9.17) is 4.42 Å². The third kappa shape index (κ3) is 3.70. The molecule has 1 aliphatic heterocycles. The zero-order valence-electron chi connectivity index (χ0n) is 14.5. The third-order valence-corrected chi connectivity index (χ3v) is 4.79. The molecule has 0 bridgehead atoms. The summed E-state index contributed by atoms with van der Waals surface area (Å²) in [5, 5.41) is 7.27. The van der Waals surface area contributed by atoms with E-state index in [1.807, 2.05) is 42.6 Å². The second-order valence-electron chi connectivity index (χ2n) is 6.60. The summed E-state index contributed by atoms with van der Waals surface area (Å²) in [5.74, 6) is 0.0556. The van der Waals surface area contributed by atoms with Crippen LogP contribution in [0.25, 0.3) is 5.69 Å². The maximum Gasteiger partial charge on any atom is 0.241 e. The minimum absolute atomic E-state index is 0.0556. The Morgan fingerprint density at radius 3 is 2.85 bits per heavy atom. The molecule has 0 radical (unpaired) electrons. The Bertz CT molecular complexity index is 825. The number of furan rings is 1. The summed E-state index contributed by atoms with van der Waals surface area (Å²) in [7, 11) is 0. The van der Waals surface area contributed by atoms with Crippen LogP contribution in [0.2, 0.25) is 0 Å². The molecule has 1 aliphatic rings. The van der Waals surface area contributed by atoms with Gasteiger partial charge in [0.2, 0.25) is 5.91 Å². The smallest absolute Gasteiger partial charge is 0.241 e. The zero-order chi connectivity index (χ0) is 17.8. The molecule has 6 nitrogen and oxygen atoms in total. The SMILES string of the molecule is O=C(Nc1ccc(-n2cccn2)cc1)[C@H]1CCCCN1Cc1ccoc1. The zero-order valence-corrected chi connectivity index (χ0v) is 14.5. The number of hydrogen-bond donors (Lipinski definition) is 1. The van der Waals surface area contributed by atoms with Gasteiger partial charge in [-0.3, -0.25) is 9.69 Å². The summed E-state index contributed by atoms with van der Waals surface area (Å²) in [5.41, 5.74) is 2.88. The number of hydrogen-bond acceptors (Lipinski definition) is 4. The molecule has 4 rings (SSSR count). The van der Waals surface area contributed by atoms with Crippen molar-refractivity contribution >= 4 is 11.6 Å². The van der Waals surface area contributed by atoms with Crippen LogP contribution in [0.5, 0.6) is 0 Å². The average Bonchev–Trinajstić information content (AvgIpc) is 3.37. The van der Waals surface area contributed by atoms with Crippen molar-refractivity contribution < 1.29 is 9.21 Å². The van der Waals surface area contributed by atoms with Crippen molar-refractivity contribution in [1.29, 1.82) is 0 Å². The van der Waals surface area contributed by atoms with Crippen LogP contribution in [0.15, 0.2) is 65.7 Å². The molecule has 1 atom stereocenters. The molecule has 0 unspecified atom stereocenters. The third-order valence-electron chi connectivity index (χ3n) is 4.79. The Labute approximate surface area is 152 Å². The number of amides is 1. The van der Waals surface area contributed by atoms with Crippen LogP contribution in [0, 0.1) is 0 Å². The number of aromatic nitrogens is 2. The second kappa shape index (κ2) is 7.58. The van der Waals surface area contributed by atoms with Gasteiger partial charge in [0.05, 0.1) is 24.3 Å². The molecular weight excluding hydrogens is 328 g/mol. The van der Waals surface area contributed by atoms with Crippen LogP contribution in [0.1, 0.15) is 24.8 Å². The van der Waals surface area contributed by atoms with Crippen molar-refractivity contribution in [3.8, 4) is 5.69 Å². The van der Waals surface area contributed by atoms with Crippen molar-refractivity contribution in [3.05, 3.63) is 66.9 Å². The second-order valence-corrected chi connectivity index (χ2v) is 6.60. The van der Waals surface area contributed by atoms with Gasteiger partial charge in [0.15, 0.2) is 0 Å². The molecule has 1 fully saturated rings. The predicted molar refractivity (Wildman–Crippen MR) is 99.0 cm³/mol. The van der Waals surface area contributed by atoms with E-state index in [2.05, 4.69) is 15.3 Å². The van der Waals surface area contributed by atoms with Crippen LogP contribution in [0.4, 0.5) is 5.69 Å². The molecule has 0 spiro atoms. The fourth-order valence-electron chi connectivity index (χ4n) is 3.44. The monoisotopic (exact) mass is 350 g/mol. The molecule has 6 heteroatoms. The van der Waals surface area contributed by atoms with Crippen LogP contribution in [-0.4, -0.2) is 33.2 Å². The normalized spacial score (nSPS) is 17.9. The van der Waals surface area contributed by atoms with E-state index < -0.39 is 0 Å². The molecule has 1 amide bonds. The number of piperidine rings is 1. The quantitative estimate of drug-likeness (QED) is 0.765. The number of benzene rings is 1. The van der Waals surface area contributed by atoms with E-state index in [-0.39, 0.29) is 11.9 Å². The van der Waals surface area contributed by atoms with Crippen LogP contribution in [-0.2, 0) is 11.3 Å². The van der Waals surface area contributed by atoms with Gasteiger partial charge in [-0.2, -0.15) is 5.10 Å². The summed E-state index contributed by atoms with van der Waals surface area (Å²) in [6, 6.07) is 11.5. The van der Waals surface area contributed by atoms with Crippen molar-refractivity contribution in [2.45, 2.75) is 31.8 Å². The number of carbonyl (C=O) groups excluding carboxylic acids is 1. The van der Waals surface area contributed by atoms with Gasteiger partial charge in [-0.05, 0) is 55.8 Å². The first-order valence-corrected chi connectivity index (χ1v) is 8.96. The number of carbonyl (C=O) groups is 1. The highest BCUT2D eigenvalue weighted by Crippen LogP contribution is 2.22. The molecule has 1 saturated heterocycles. The van der Waals surface area contributed by atoms with E-state index in [9.17, 15) is 4.79 Å². The maximum atomic E-state index is 12.8. The predicted octanol–water partition coefficient (Wildman–Crippen LogP) is 3.46. The number of likely N-dealkylation sites (tertiary alicyclic amines) is 1. The largest absolute Gasteiger partial charge is 0.472 e. The van der Waals surface area contributed by atoms with Crippen LogP contribution >= 0.6 is 0 Å². The Hall–Kier alpha value is -2.86. The van der Waals surface area contributed by atoms with E-state index >= 15 is 0 Å². The van der Waals surface area contributed by atoms with Crippen molar-refractivity contribution in [2.24, 2.45) is 0 Å². The molecule has 3 heterocycles. The molecule has 2 aromatic heterocycles. The van der Waals surface area contributed by atoms with E-state index in [1.54, 1.807) is 23.4 Å². The number of anilines is 1. The summed E-state index contributed by atoms with van der Waals surface area (Å²) >= 11 is 0. The van der Waals surface area contributed by atoms with Gasteiger partial charge in [-0.25, -0.2) is 4.68 Å². The molecule has 134 valence electrons. The lowest BCUT2D eigenvalue weighted by Crippen LogP contribution is -2.46. The summed E-state index contributed by atoms with van der Waals surface area (Å²) < 4.78 is 6.95. The van der Waals surface area contributed by atoms with Gasteiger partial charge in [0.25, 0.3) is 0 Å². The lowest BCUT2D eigenvalue weighted by atomic mass is 10.0. The molecule has 0 aliphatic carbocycles. The first-order valence-electron chi connectivity index (χ1n) is 8.96. The van der Waals surface area contributed by atoms with Gasteiger partial charge in [-0.1, -0.05) is 6.42 Å². The van der Waals surface area contributed by atoms with Crippen LogP contribution in [0.3, 0.4) is 0 Å². The summed E-state index contributed by atoms with van der Waals surface area (Å²) in [4.78, 5) is 15.1. The topological polar surface area (TPSA) is 63.3 Å². The highest BCUT2D eigenvalue weighted by Gasteiger charge is 2.28. The molecule has 1 aromatic carbocycles. The highest BCUT2D eigenvalue weighted by molar-refractivity contribution is 5.95. The van der Waals surface area contributed by atoms with Gasteiger partial charge in [0.1, 0.15) is 0 Å². The molecule has 3 aromatic rings. The Kier molecular flexibility index (Phi) is 4.84. The van der Waals surface area contributed by atoms with E-state index in [0.717, 1.165) is 49.3 Å².